The zero-order valence-electron chi connectivity index (χ0n) is 10.3. The average molecular weight is 242 g/mol. The van der Waals surface area contributed by atoms with Gasteiger partial charge in [-0.15, -0.1) is 0 Å². The molecule has 0 radical (unpaired) electrons. The summed E-state index contributed by atoms with van der Waals surface area (Å²) in [7, 11) is -1.47. The van der Waals surface area contributed by atoms with E-state index in [1.807, 2.05) is 0 Å². The van der Waals surface area contributed by atoms with Crippen molar-refractivity contribution in [2.45, 2.75) is 18.5 Å². The predicted molar refractivity (Wildman–Crippen MR) is 79.4 cm³/mol. The van der Waals surface area contributed by atoms with Crippen LogP contribution in [-0.2, 0) is 0 Å². The van der Waals surface area contributed by atoms with Gasteiger partial charge in [0.05, 0.1) is 0 Å². The molecule has 1 fully saturated rings. The molecule has 1 heteroatoms. The Balaban J connectivity index is 2.11. The molecule has 0 saturated heterocycles. The molecular formula is C16H19P. The van der Waals surface area contributed by atoms with E-state index in [0.717, 1.165) is 5.66 Å². The van der Waals surface area contributed by atoms with E-state index in [-0.39, 0.29) is 0 Å². The van der Waals surface area contributed by atoms with Gasteiger partial charge >= 0.3 is 104 Å². The van der Waals surface area contributed by atoms with Gasteiger partial charge in [-0.3, -0.25) is 0 Å². The molecule has 17 heavy (non-hydrogen) atoms. The zero-order chi connectivity index (χ0) is 11.7. The van der Waals surface area contributed by atoms with E-state index in [0.29, 0.717) is 0 Å². The Bertz CT molecular complexity index is 446. The Morgan fingerprint density at radius 3 is 1.53 bits per heavy atom. The first kappa shape index (κ1) is 11.0. The molecule has 0 N–H and O–H groups in total. The van der Waals surface area contributed by atoms with E-state index in [9.17, 15) is 0 Å². The van der Waals surface area contributed by atoms with Crippen molar-refractivity contribution < 1.29 is 0 Å². The number of hydrogen-bond acceptors (Lipinski definition) is 0. The molecule has 2 aromatic rings. The van der Waals surface area contributed by atoms with Crippen LogP contribution in [0.25, 0.3) is 0 Å². The molecule has 0 aromatic heterocycles. The van der Waals surface area contributed by atoms with Crippen molar-refractivity contribution in [1.29, 1.82) is 0 Å². The Morgan fingerprint density at radius 1 is 0.765 bits per heavy atom. The van der Waals surface area contributed by atoms with Crippen LogP contribution in [0.15, 0.2) is 60.7 Å². The van der Waals surface area contributed by atoms with Crippen molar-refractivity contribution >= 4 is 17.9 Å². The Labute approximate surface area is 104 Å². The van der Waals surface area contributed by atoms with E-state index in [4.69, 9.17) is 0 Å². The molecule has 0 amide bonds. The summed E-state index contributed by atoms with van der Waals surface area (Å²) >= 11 is 0. The van der Waals surface area contributed by atoms with Crippen LogP contribution < -0.4 is 10.6 Å². The van der Waals surface area contributed by atoms with E-state index < -0.39 is 7.26 Å². The van der Waals surface area contributed by atoms with Gasteiger partial charge in [-0.05, 0) is 0 Å². The maximum absolute atomic E-state index is 2.54. The molecule has 0 unspecified atom stereocenters. The van der Waals surface area contributed by atoms with Gasteiger partial charge in [0.1, 0.15) is 0 Å². The summed E-state index contributed by atoms with van der Waals surface area (Å²) in [6.45, 7) is 2.54. The molecule has 0 heterocycles. The summed E-state index contributed by atoms with van der Waals surface area (Å²) < 4.78 is 0. The molecule has 88 valence electrons. The number of benzene rings is 2. The van der Waals surface area contributed by atoms with Gasteiger partial charge in [-0.2, -0.15) is 0 Å². The Hall–Kier alpha value is -1.13. The second kappa shape index (κ2) is 4.27. The maximum atomic E-state index is 2.54. The van der Waals surface area contributed by atoms with E-state index in [2.05, 4.69) is 67.3 Å². The van der Waals surface area contributed by atoms with Crippen LogP contribution in [0.4, 0.5) is 0 Å². The summed E-state index contributed by atoms with van der Waals surface area (Å²) in [5.41, 5.74) is 0.951. The molecule has 0 atom stereocenters. The first-order valence-electron chi connectivity index (χ1n) is 6.43. The topological polar surface area (TPSA) is 0 Å². The number of hydrogen-bond donors (Lipinski definition) is 0. The van der Waals surface area contributed by atoms with Gasteiger partial charge in [0.15, 0.2) is 0 Å². The summed E-state index contributed by atoms with van der Waals surface area (Å²) in [5.74, 6) is 0. The molecule has 0 bridgehead atoms. The van der Waals surface area contributed by atoms with Crippen molar-refractivity contribution in [3.63, 3.8) is 0 Å². The molecule has 1 aliphatic carbocycles. The number of rotatable bonds is 3. The summed E-state index contributed by atoms with van der Waals surface area (Å²) in [4.78, 5) is 0. The molecule has 1 aliphatic rings. The van der Waals surface area contributed by atoms with Gasteiger partial charge in [0.25, 0.3) is 0 Å². The molecular weight excluding hydrogens is 223 g/mol. The van der Waals surface area contributed by atoms with Crippen LogP contribution in [0.2, 0.25) is 0 Å². The molecule has 0 aliphatic heterocycles. The second-order valence-corrected chi connectivity index (χ2v) is 9.58. The fourth-order valence-corrected chi connectivity index (χ4v) is 7.23. The predicted octanol–water partition coefficient (Wildman–Crippen LogP) is 3.18. The fourth-order valence-electron chi connectivity index (χ4n) is 2.87. The fraction of sp³-hybridized carbons (Fsp3) is 0.250. The van der Waals surface area contributed by atoms with Crippen LogP contribution in [-0.4, -0.2) is 12.3 Å². The van der Waals surface area contributed by atoms with Crippen LogP contribution in [0.3, 0.4) is 0 Å². The molecule has 0 nitrogen and oxygen atoms in total. The normalized spacial score (nSPS) is 16.8. The summed E-state index contributed by atoms with van der Waals surface area (Å²) in [6, 6.07) is 22.3. The van der Waals surface area contributed by atoms with E-state index >= 15 is 0 Å². The van der Waals surface area contributed by atoms with Crippen molar-refractivity contribution in [1.82, 2.24) is 0 Å². The molecule has 2 aromatic carbocycles. The minimum atomic E-state index is -1.47. The van der Waals surface area contributed by atoms with E-state index in [1.165, 1.54) is 12.8 Å². The summed E-state index contributed by atoms with van der Waals surface area (Å²) in [5, 5.41) is 3.18. The van der Waals surface area contributed by atoms with Gasteiger partial charge in [-0.1, -0.05) is 0 Å². The molecule has 0 spiro atoms. The van der Waals surface area contributed by atoms with Crippen LogP contribution in [0.1, 0.15) is 12.8 Å². The van der Waals surface area contributed by atoms with Crippen molar-refractivity contribution in [3.8, 4) is 0 Å². The van der Waals surface area contributed by atoms with Gasteiger partial charge in [0.2, 0.25) is 0 Å². The van der Waals surface area contributed by atoms with Crippen molar-refractivity contribution in [3.05, 3.63) is 60.7 Å². The first-order chi connectivity index (χ1) is 8.32. The van der Waals surface area contributed by atoms with Crippen molar-refractivity contribution in [2.24, 2.45) is 0 Å². The average Bonchev–Trinajstić information content (AvgIpc) is 3.24. The van der Waals surface area contributed by atoms with E-state index in [1.54, 1.807) is 10.6 Å². The third-order valence-corrected chi connectivity index (χ3v) is 9.42. The third-order valence-electron chi connectivity index (χ3n) is 4.14. The quantitative estimate of drug-likeness (QED) is 0.725. The van der Waals surface area contributed by atoms with Crippen molar-refractivity contribution in [2.75, 3.05) is 6.66 Å². The zero-order valence-corrected chi connectivity index (χ0v) is 11.3. The Kier molecular flexibility index (Phi) is 2.76. The monoisotopic (exact) mass is 242 g/mol. The third kappa shape index (κ3) is 1.91. The summed E-state index contributed by atoms with van der Waals surface area (Å²) in [6.07, 6.45) is 2.85. The molecule has 3 rings (SSSR count). The molecule has 1 saturated carbocycles. The van der Waals surface area contributed by atoms with Gasteiger partial charge < -0.3 is 0 Å². The second-order valence-electron chi connectivity index (χ2n) is 5.21. The minimum absolute atomic E-state index is 0.951. The first-order valence-corrected chi connectivity index (χ1v) is 9.00. The Morgan fingerprint density at radius 2 is 1.18 bits per heavy atom. The van der Waals surface area contributed by atoms with Gasteiger partial charge in [-0.25, -0.2) is 0 Å². The van der Waals surface area contributed by atoms with Crippen LogP contribution in [0, 0.1) is 0 Å². The van der Waals surface area contributed by atoms with Crippen LogP contribution >= 0.6 is 7.26 Å². The van der Waals surface area contributed by atoms with Crippen LogP contribution in [0.5, 0.6) is 0 Å². The standard InChI is InChI=1S/C16H19P/c1-17(16-12-13-16,14-8-4-2-5-9-14)15-10-6-3-7-11-15/h2-11,16-17H,12-13H2,1H3. The SMILES string of the molecule is C[PH](c1ccccc1)(c1ccccc1)C1CC1. The van der Waals surface area contributed by atoms with Gasteiger partial charge in [0, 0.05) is 0 Å².